The van der Waals surface area contributed by atoms with Gasteiger partial charge in [-0.2, -0.15) is 0 Å². The van der Waals surface area contributed by atoms with Crippen LogP contribution in [-0.4, -0.2) is 55.6 Å². The SMILES string of the molecule is C=C(C)C(=O)OCCOCCC[Si]O[Si](C)(C)CCCO. The number of hydrogen-bond donors (Lipinski definition) is 1. The molecule has 0 fully saturated rings. The van der Waals surface area contributed by atoms with Crippen molar-refractivity contribution < 1.29 is 23.5 Å². The Morgan fingerprint density at radius 2 is 1.95 bits per heavy atom. The molecular formula is C14H28O5Si2. The lowest BCUT2D eigenvalue weighted by atomic mass is 10.4. The molecule has 0 aromatic heterocycles. The van der Waals surface area contributed by atoms with Gasteiger partial charge in [0.1, 0.15) is 6.61 Å². The zero-order valence-corrected chi connectivity index (χ0v) is 15.4. The van der Waals surface area contributed by atoms with Gasteiger partial charge in [0.15, 0.2) is 8.32 Å². The monoisotopic (exact) mass is 332 g/mol. The standard InChI is InChI=1S/C14H28O5Si2/c1-13(2)14(16)18-10-9-17-8-6-11-20-19-21(3,4)12-5-7-15/h15H,1,5-12H2,2-4H3. The third-order valence-corrected chi connectivity index (χ3v) is 7.57. The second-order valence-electron chi connectivity index (χ2n) is 5.47. The number of esters is 1. The van der Waals surface area contributed by atoms with Crippen LogP contribution in [0.25, 0.3) is 0 Å². The third kappa shape index (κ3) is 12.9. The average Bonchev–Trinajstić information content (AvgIpc) is 2.43. The summed E-state index contributed by atoms with van der Waals surface area (Å²) < 4.78 is 16.2. The largest absolute Gasteiger partial charge is 0.460 e. The van der Waals surface area contributed by atoms with Gasteiger partial charge in [-0.25, -0.2) is 4.79 Å². The Labute approximate surface area is 131 Å². The molecule has 0 spiro atoms. The van der Waals surface area contributed by atoms with Crippen LogP contribution in [0.15, 0.2) is 12.2 Å². The van der Waals surface area contributed by atoms with Gasteiger partial charge in [-0.1, -0.05) is 6.58 Å². The smallest absolute Gasteiger partial charge is 0.333 e. The van der Waals surface area contributed by atoms with Gasteiger partial charge in [0.05, 0.1) is 6.61 Å². The van der Waals surface area contributed by atoms with E-state index in [2.05, 4.69) is 19.7 Å². The van der Waals surface area contributed by atoms with Crippen LogP contribution in [0, 0.1) is 0 Å². The highest BCUT2D eigenvalue weighted by molar-refractivity contribution is 6.75. The van der Waals surface area contributed by atoms with E-state index in [1.54, 1.807) is 6.92 Å². The molecule has 0 saturated heterocycles. The van der Waals surface area contributed by atoms with E-state index in [9.17, 15) is 4.79 Å². The summed E-state index contributed by atoms with van der Waals surface area (Å²) in [6.45, 7) is 11.1. The van der Waals surface area contributed by atoms with Gasteiger partial charge in [-0.15, -0.1) is 0 Å². The van der Waals surface area contributed by atoms with Crippen LogP contribution in [0.4, 0.5) is 0 Å². The van der Waals surface area contributed by atoms with E-state index in [-0.39, 0.29) is 19.2 Å². The van der Waals surface area contributed by atoms with Crippen molar-refractivity contribution in [2.75, 3.05) is 26.4 Å². The van der Waals surface area contributed by atoms with Gasteiger partial charge >= 0.3 is 5.97 Å². The zero-order chi connectivity index (χ0) is 16.1. The average molecular weight is 333 g/mol. The van der Waals surface area contributed by atoms with Crippen molar-refractivity contribution in [3.63, 3.8) is 0 Å². The topological polar surface area (TPSA) is 65.0 Å². The fourth-order valence-electron chi connectivity index (χ4n) is 1.47. The van der Waals surface area contributed by atoms with Gasteiger partial charge in [-0.3, -0.25) is 0 Å². The summed E-state index contributed by atoms with van der Waals surface area (Å²) in [6, 6.07) is 1.99. The van der Waals surface area contributed by atoms with E-state index in [4.69, 9.17) is 18.7 Å². The van der Waals surface area contributed by atoms with Crippen LogP contribution in [-0.2, 0) is 18.4 Å². The first-order valence-corrected chi connectivity index (χ1v) is 11.5. The molecule has 122 valence electrons. The highest BCUT2D eigenvalue weighted by Crippen LogP contribution is 2.13. The molecule has 21 heavy (non-hydrogen) atoms. The van der Waals surface area contributed by atoms with Crippen LogP contribution in [0.2, 0.25) is 25.2 Å². The molecule has 5 nitrogen and oxygen atoms in total. The fraction of sp³-hybridized carbons (Fsp3) is 0.786. The van der Waals surface area contributed by atoms with Crippen LogP contribution < -0.4 is 0 Å². The number of rotatable bonds is 13. The molecular weight excluding hydrogens is 304 g/mol. The number of hydrogen-bond acceptors (Lipinski definition) is 5. The van der Waals surface area contributed by atoms with Gasteiger partial charge in [-0.05, 0) is 44.9 Å². The minimum atomic E-state index is -1.58. The number of aliphatic hydroxyl groups is 1. The lowest BCUT2D eigenvalue weighted by Crippen LogP contribution is -2.32. The Morgan fingerprint density at radius 3 is 2.57 bits per heavy atom. The van der Waals surface area contributed by atoms with Crippen LogP contribution in [0.5, 0.6) is 0 Å². The van der Waals surface area contributed by atoms with Crippen molar-refractivity contribution in [1.29, 1.82) is 0 Å². The van der Waals surface area contributed by atoms with Crippen molar-refractivity contribution in [1.82, 2.24) is 0 Å². The second kappa shape index (κ2) is 12.1. The highest BCUT2D eigenvalue weighted by Gasteiger charge is 2.20. The van der Waals surface area contributed by atoms with E-state index in [1.807, 2.05) is 0 Å². The lowest BCUT2D eigenvalue weighted by Gasteiger charge is -2.22. The van der Waals surface area contributed by atoms with Crippen molar-refractivity contribution in [3.8, 4) is 0 Å². The zero-order valence-electron chi connectivity index (χ0n) is 13.4. The van der Waals surface area contributed by atoms with Gasteiger partial charge in [0.2, 0.25) is 9.76 Å². The molecule has 0 aliphatic heterocycles. The van der Waals surface area contributed by atoms with Crippen LogP contribution in [0.3, 0.4) is 0 Å². The normalized spacial score (nSPS) is 11.4. The van der Waals surface area contributed by atoms with E-state index < -0.39 is 8.32 Å². The summed E-state index contributed by atoms with van der Waals surface area (Å²) in [7, 11) is -1.08. The Balaban J connectivity index is 3.37. The molecule has 0 aliphatic rings. The van der Waals surface area contributed by atoms with Crippen molar-refractivity contribution in [2.24, 2.45) is 0 Å². The second-order valence-corrected chi connectivity index (χ2v) is 11.1. The van der Waals surface area contributed by atoms with Gasteiger partial charge in [0, 0.05) is 18.8 Å². The van der Waals surface area contributed by atoms with Gasteiger partial charge < -0.3 is 18.7 Å². The highest BCUT2D eigenvalue weighted by atomic mass is 28.4. The molecule has 0 aliphatic carbocycles. The molecule has 0 aromatic rings. The minimum absolute atomic E-state index is 0.243. The molecule has 0 atom stereocenters. The fourth-order valence-corrected chi connectivity index (χ4v) is 5.14. The first kappa shape index (κ1) is 20.5. The van der Waals surface area contributed by atoms with Crippen molar-refractivity contribution in [2.45, 2.75) is 44.9 Å². The van der Waals surface area contributed by atoms with Crippen LogP contribution in [0.1, 0.15) is 19.8 Å². The lowest BCUT2D eigenvalue weighted by molar-refractivity contribution is -0.140. The van der Waals surface area contributed by atoms with E-state index in [0.717, 1.165) is 24.9 Å². The maximum absolute atomic E-state index is 11.1. The number of carbonyl (C=O) groups is 1. The maximum atomic E-state index is 11.1. The summed E-state index contributed by atoms with van der Waals surface area (Å²) in [5, 5.41) is 8.82. The summed E-state index contributed by atoms with van der Waals surface area (Å²) >= 11 is 0. The molecule has 0 heterocycles. The molecule has 7 heteroatoms. The maximum Gasteiger partial charge on any atom is 0.333 e. The predicted molar refractivity (Wildman–Crippen MR) is 86.8 cm³/mol. The third-order valence-electron chi connectivity index (χ3n) is 2.66. The molecule has 1 N–H and O–H groups in total. The van der Waals surface area contributed by atoms with E-state index >= 15 is 0 Å². The first-order chi connectivity index (χ1) is 9.89. The molecule has 2 radical (unpaired) electrons. The molecule has 0 saturated carbocycles. The Hall–Kier alpha value is -0.476. The quantitative estimate of drug-likeness (QED) is 0.242. The van der Waals surface area contributed by atoms with Crippen molar-refractivity contribution >= 4 is 24.0 Å². The summed E-state index contributed by atoms with van der Waals surface area (Å²) in [6.07, 6.45) is 1.77. The summed E-state index contributed by atoms with van der Waals surface area (Å²) in [4.78, 5) is 11.1. The Bertz CT molecular complexity index is 308. The van der Waals surface area contributed by atoms with Crippen molar-refractivity contribution in [3.05, 3.63) is 12.2 Å². The number of ether oxygens (including phenoxy) is 2. The van der Waals surface area contributed by atoms with E-state index in [1.165, 1.54) is 0 Å². The molecule has 0 aromatic carbocycles. The summed E-state index contributed by atoms with van der Waals surface area (Å²) in [5.74, 6) is -0.372. The molecule has 0 bridgehead atoms. The van der Waals surface area contributed by atoms with Gasteiger partial charge in [0.25, 0.3) is 0 Å². The van der Waals surface area contributed by atoms with E-state index in [0.29, 0.717) is 28.5 Å². The molecule has 0 unspecified atom stereocenters. The predicted octanol–water partition coefficient (Wildman–Crippen LogP) is 2.15. The van der Waals surface area contributed by atoms with Crippen LogP contribution >= 0.6 is 0 Å². The minimum Gasteiger partial charge on any atom is -0.460 e. The molecule has 0 amide bonds. The molecule has 0 rings (SSSR count). The number of carbonyl (C=O) groups excluding carboxylic acids is 1. The first-order valence-electron chi connectivity index (χ1n) is 7.31. The summed E-state index contributed by atoms with van der Waals surface area (Å²) in [5.41, 5.74) is 0.404. The number of aliphatic hydroxyl groups excluding tert-OH is 1. The Kier molecular flexibility index (Phi) is 11.8. The Morgan fingerprint density at radius 1 is 1.24 bits per heavy atom.